The molecule has 0 aliphatic carbocycles. The number of nitrogens with one attached hydrogen (secondary N) is 1. The first-order chi connectivity index (χ1) is 9.93. The maximum Gasteiger partial charge on any atom is 0.271 e. The van der Waals surface area contributed by atoms with E-state index >= 15 is 0 Å². The second kappa shape index (κ2) is 6.17. The molecule has 1 aromatic heterocycles. The zero-order valence-electron chi connectivity index (χ0n) is 13.6. The number of benzene rings is 1. The molecule has 0 fully saturated rings. The first-order valence-electron chi connectivity index (χ1n) is 7.41. The van der Waals surface area contributed by atoms with Gasteiger partial charge in [0.25, 0.3) is 5.56 Å². The highest BCUT2D eigenvalue weighted by atomic mass is 16.1. The van der Waals surface area contributed by atoms with Crippen molar-refractivity contribution in [3.05, 3.63) is 62.6 Å². The average molecular weight is 284 g/mol. The quantitative estimate of drug-likeness (QED) is 0.936. The Morgan fingerprint density at radius 1 is 1.14 bits per heavy atom. The second-order valence-corrected chi connectivity index (χ2v) is 5.80. The van der Waals surface area contributed by atoms with Gasteiger partial charge in [0.1, 0.15) is 5.69 Å². The van der Waals surface area contributed by atoms with Gasteiger partial charge in [0.05, 0.1) is 0 Å². The van der Waals surface area contributed by atoms with E-state index in [1.807, 2.05) is 25.9 Å². The lowest BCUT2D eigenvalue weighted by Gasteiger charge is -2.21. The maximum absolute atomic E-state index is 12.3. The zero-order chi connectivity index (χ0) is 15.6. The van der Waals surface area contributed by atoms with Crippen molar-refractivity contribution in [1.29, 1.82) is 0 Å². The third kappa shape index (κ3) is 3.18. The molecule has 112 valence electrons. The Morgan fingerprint density at radius 3 is 2.43 bits per heavy atom. The first kappa shape index (κ1) is 15.4. The minimum absolute atomic E-state index is 0.00245. The molecule has 1 N–H and O–H groups in total. The van der Waals surface area contributed by atoms with Crippen LogP contribution < -0.4 is 10.5 Å². The van der Waals surface area contributed by atoms with E-state index in [9.17, 15) is 4.79 Å². The van der Waals surface area contributed by atoms with Gasteiger partial charge in [-0.1, -0.05) is 36.8 Å². The monoisotopic (exact) mass is 284 g/mol. The van der Waals surface area contributed by atoms with Crippen LogP contribution >= 0.6 is 0 Å². The Hall–Kier alpha value is -2.03. The van der Waals surface area contributed by atoms with Crippen molar-refractivity contribution in [2.45, 2.75) is 33.6 Å². The van der Waals surface area contributed by atoms with Crippen molar-refractivity contribution in [3.8, 4) is 0 Å². The highest BCUT2D eigenvalue weighted by molar-refractivity contribution is 5.57. The number of aromatic nitrogens is 1. The van der Waals surface area contributed by atoms with Crippen LogP contribution in [0.15, 0.2) is 29.1 Å². The first-order valence-corrected chi connectivity index (χ1v) is 7.41. The normalized spacial score (nSPS) is 10.7. The van der Waals surface area contributed by atoms with Gasteiger partial charge in [-0.25, -0.2) is 0 Å². The summed E-state index contributed by atoms with van der Waals surface area (Å²) < 4.78 is 0. The Labute approximate surface area is 126 Å². The highest BCUT2D eigenvalue weighted by Crippen LogP contribution is 2.24. The number of hydrogen-bond acceptors (Lipinski definition) is 2. The van der Waals surface area contributed by atoms with Crippen molar-refractivity contribution in [3.63, 3.8) is 0 Å². The van der Waals surface area contributed by atoms with Gasteiger partial charge >= 0.3 is 0 Å². The van der Waals surface area contributed by atoms with Crippen LogP contribution in [0.4, 0.5) is 5.69 Å². The third-order valence-electron chi connectivity index (χ3n) is 3.88. The summed E-state index contributed by atoms with van der Waals surface area (Å²) in [6, 6.07) is 8.49. The summed E-state index contributed by atoms with van der Waals surface area (Å²) >= 11 is 0. The van der Waals surface area contributed by atoms with Crippen LogP contribution in [0, 0.1) is 13.8 Å². The lowest BCUT2D eigenvalue weighted by molar-refractivity contribution is 0.946. The molecule has 2 rings (SSSR count). The van der Waals surface area contributed by atoms with Crippen molar-refractivity contribution < 1.29 is 0 Å². The van der Waals surface area contributed by atoms with E-state index in [1.165, 1.54) is 16.7 Å². The fourth-order valence-electron chi connectivity index (χ4n) is 2.98. The van der Waals surface area contributed by atoms with Crippen LogP contribution in [0.5, 0.6) is 0 Å². The van der Waals surface area contributed by atoms with Crippen LogP contribution in [0.25, 0.3) is 0 Å². The van der Waals surface area contributed by atoms with Gasteiger partial charge in [-0.15, -0.1) is 0 Å². The summed E-state index contributed by atoms with van der Waals surface area (Å²) in [7, 11) is 3.86. The van der Waals surface area contributed by atoms with Crippen LogP contribution in [0.3, 0.4) is 0 Å². The summed E-state index contributed by atoms with van der Waals surface area (Å²) in [6.07, 6.45) is 1.72. The van der Waals surface area contributed by atoms with Crippen molar-refractivity contribution in [2.75, 3.05) is 19.0 Å². The van der Waals surface area contributed by atoms with Crippen LogP contribution in [-0.4, -0.2) is 19.1 Å². The number of anilines is 1. The topological polar surface area (TPSA) is 36.1 Å². The van der Waals surface area contributed by atoms with E-state index in [0.717, 1.165) is 29.8 Å². The van der Waals surface area contributed by atoms with Gasteiger partial charge in [0.2, 0.25) is 0 Å². The Kier molecular flexibility index (Phi) is 4.51. The lowest BCUT2D eigenvalue weighted by atomic mass is 9.95. The molecule has 3 heteroatoms. The SMILES string of the molecule is CCc1c(C)[nH]c(=O)c(N(C)C)c1Cc1cccc(C)c1. The van der Waals surface area contributed by atoms with Gasteiger partial charge in [0.15, 0.2) is 0 Å². The molecule has 0 saturated carbocycles. The standard InChI is InChI=1S/C18H24N2O/c1-6-15-13(3)19-18(21)17(20(4)5)16(15)11-14-9-7-8-12(2)10-14/h7-10H,6,11H2,1-5H3,(H,19,21). The van der Waals surface area contributed by atoms with Crippen LogP contribution in [0.2, 0.25) is 0 Å². The van der Waals surface area contributed by atoms with Gasteiger partial charge in [0, 0.05) is 26.2 Å². The fraction of sp³-hybridized carbons (Fsp3) is 0.389. The summed E-state index contributed by atoms with van der Waals surface area (Å²) in [5.41, 5.74) is 6.65. The molecule has 1 aromatic carbocycles. The predicted octanol–water partition coefficient (Wildman–Crippen LogP) is 3.21. The Bertz CT molecular complexity index is 699. The van der Waals surface area contributed by atoms with E-state index in [-0.39, 0.29) is 5.56 Å². The minimum Gasteiger partial charge on any atom is -0.373 e. The molecule has 3 nitrogen and oxygen atoms in total. The molecule has 0 aliphatic heterocycles. The summed E-state index contributed by atoms with van der Waals surface area (Å²) in [5.74, 6) is 0. The van der Waals surface area contributed by atoms with Gasteiger partial charge < -0.3 is 9.88 Å². The Morgan fingerprint density at radius 2 is 1.86 bits per heavy atom. The highest BCUT2D eigenvalue weighted by Gasteiger charge is 2.16. The molecule has 0 radical (unpaired) electrons. The third-order valence-corrected chi connectivity index (χ3v) is 3.88. The number of rotatable bonds is 4. The van der Waals surface area contributed by atoms with Crippen LogP contribution in [0.1, 0.15) is 34.9 Å². The zero-order valence-corrected chi connectivity index (χ0v) is 13.6. The number of aromatic amines is 1. The molecular weight excluding hydrogens is 260 g/mol. The molecule has 21 heavy (non-hydrogen) atoms. The minimum atomic E-state index is -0.00245. The molecule has 0 unspecified atom stereocenters. The number of hydrogen-bond donors (Lipinski definition) is 1. The number of H-pyrrole nitrogens is 1. The molecular formula is C18H24N2O. The summed E-state index contributed by atoms with van der Waals surface area (Å²) in [4.78, 5) is 17.2. The van der Waals surface area contributed by atoms with Gasteiger partial charge in [-0.05, 0) is 37.0 Å². The molecule has 0 aliphatic rings. The van der Waals surface area contributed by atoms with E-state index in [2.05, 4.69) is 43.1 Å². The van der Waals surface area contributed by atoms with Crippen molar-refractivity contribution in [2.24, 2.45) is 0 Å². The molecule has 0 bridgehead atoms. The summed E-state index contributed by atoms with van der Waals surface area (Å²) in [6.45, 7) is 6.22. The van der Waals surface area contributed by atoms with Gasteiger partial charge in [-0.2, -0.15) is 0 Å². The lowest BCUT2D eigenvalue weighted by Crippen LogP contribution is -2.25. The maximum atomic E-state index is 12.3. The predicted molar refractivity (Wildman–Crippen MR) is 89.5 cm³/mol. The van der Waals surface area contributed by atoms with E-state index in [1.54, 1.807) is 0 Å². The number of nitrogens with zero attached hydrogens (tertiary/aromatic N) is 1. The smallest absolute Gasteiger partial charge is 0.271 e. The average Bonchev–Trinajstić information content (AvgIpc) is 2.38. The number of pyridine rings is 1. The number of aryl methyl sites for hydroxylation is 2. The van der Waals surface area contributed by atoms with Gasteiger partial charge in [-0.3, -0.25) is 4.79 Å². The molecule has 0 saturated heterocycles. The van der Waals surface area contributed by atoms with Crippen molar-refractivity contribution >= 4 is 5.69 Å². The van der Waals surface area contributed by atoms with E-state index in [4.69, 9.17) is 0 Å². The molecule has 1 heterocycles. The molecule has 2 aromatic rings. The summed E-state index contributed by atoms with van der Waals surface area (Å²) in [5, 5.41) is 0. The molecule has 0 spiro atoms. The van der Waals surface area contributed by atoms with Crippen molar-refractivity contribution in [1.82, 2.24) is 4.98 Å². The van der Waals surface area contributed by atoms with E-state index < -0.39 is 0 Å². The fourth-order valence-corrected chi connectivity index (χ4v) is 2.98. The largest absolute Gasteiger partial charge is 0.373 e. The molecule has 0 amide bonds. The van der Waals surface area contributed by atoms with E-state index in [0.29, 0.717) is 0 Å². The second-order valence-electron chi connectivity index (χ2n) is 5.80. The molecule has 0 atom stereocenters. The van der Waals surface area contributed by atoms with Crippen LogP contribution in [-0.2, 0) is 12.8 Å². The Balaban J connectivity index is 2.62.